The SMILES string of the molecule is O=[P@@]1(c2ccccc2)[C@@H]2C=C[C@H]1[C@@H]1[C@H]2C=C[P@]1(=O)c1ccccc1. The molecule has 5 rings (SSSR count). The molecular formula is C20H18O2P2. The monoisotopic (exact) mass is 352 g/mol. The number of hydrogen-bond acceptors (Lipinski definition) is 2. The average Bonchev–Trinajstić information content (AvgIpc) is 3.25. The van der Waals surface area contributed by atoms with Gasteiger partial charge in [0.05, 0.1) is 0 Å². The van der Waals surface area contributed by atoms with Crippen LogP contribution in [0.3, 0.4) is 0 Å². The van der Waals surface area contributed by atoms with Gasteiger partial charge in [0, 0.05) is 33.5 Å². The Morgan fingerprint density at radius 1 is 0.667 bits per heavy atom. The third-order valence-corrected chi connectivity index (χ3v) is 13.2. The van der Waals surface area contributed by atoms with Crippen molar-refractivity contribution in [2.75, 3.05) is 0 Å². The minimum absolute atomic E-state index is 0.00527. The van der Waals surface area contributed by atoms with E-state index in [1.54, 1.807) is 0 Å². The average molecular weight is 352 g/mol. The number of hydrogen-bond donors (Lipinski definition) is 0. The van der Waals surface area contributed by atoms with Crippen molar-refractivity contribution in [1.82, 2.24) is 0 Å². The summed E-state index contributed by atoms with van der Waals surface area (Å²) in [4.78, 5) is 0. The summed E-state index contributed by atoms with van der Waals surface area (Å²) < 4.78 is 27.9. The molecule has 2 aromatic rings. The smallest absolute Gasteiger partial charge is 0.140 e. The predicted octanol–water partition coefficient (Wildman–Crippen LogP) is 4.20. The van der Waals surface area contributed by atoms with Crippen LogP contribution in [0.15, 0.2) is 84.7 Å². The predicted molar refractivity (Wildman–Crippen MR) is 100 cm³/mol. The van der Waals surface area contributed by atoms with Crippen LogP contribution in [0.5, 0.6) is 0 Å². The largest absolute Gasteiger partial charge is 0.317 e. The van der Waals surface area contributed by atoms with E-state index in [-0.39, 0.29) is 22.9 Å². The zero-order chi connectivity index (χ0) is 16.4. The molecule has 0 N–H and O–H groups in total. The summed E-state index contributed by atoms with van der Waals surface area (Å²) in [6.45, 7) is 0. The first-order valence-electron chi connectivity index (χ1n) is 8.33. The van der Waals surface area contributed by atoms with Crippen LogP contribution in [0.4, 0.5) is 0 Å². The Balaban J connectivity index is 1.66. The molecule has 24 heavy (non-hydrogen) atoms. The first-order valence-corrected chi connectivity index (χ1v) is 12.0. The van der Waals surface area contributed by atoms with Gasteiger partial charge < -0.3 is 9.13 Å². The van der Waals surface area contributed by atoms with E-state index >= 15 is 0 Å². The lowest BCUT2D eigenvalue weighted by Gasteiger charge is -2.26. The van der Waals surface area contributed by atoms with E-state index in [9.17, 15) is 9.13 Å². The number of rotatable bonds is 2. The molecule has 0 aromatic heterocycles. The van der Waals surface area contributed by atoms with E-state index in [1.165, 1.54) is 0 Å². The fraction of sp³-hybridized carbons (Fsp3) is 0.200. The molecule has 0 amide bonds. The summed E-state index contributed by atoms with van der Waals surface area (Å²) in [7, 11) is -5.28. The van der Waals surface area contributed by atoms with Crippen molar-refractivity contribution >= 4 is 24.9 Å². The molecule has 0 unspecified atom stereocenters. The molecule has 1 fully saturated rings. The Bertz CT molecular complexity index is 946. The maximum Gasteiger partial charge on any atom is 0.140 e. The van der Waals surface area contributed by atoms with Crippen LogP contribution in [0.2, 0.25) is 0 Å². The second-order valence-electron chi connectivity index (χ2n) is 6.87. The normalized spacial score (nSPS) is 41.7. The molecule has 0 spiro atoms. The molecule has 0 radical (unpaired) electrons. The summed E-state index contributed by atoms with van der Waals surface area (Å²) >= 11 is 0. The Morgan fingerprint density at radius 3 is 1.92 bits per heavy atom. The summed E-state index contributed by atoms with van der Waals surface area (Å²) in [5.74, 6) is 2.07. The van der Waals surface area contributed by atoms with Crippen LogP contribution in [0.25, 0.3) is 0 Å². The highest BCUT2D eigenvalue weighted by atomic mass is 31.2. The quantitative estimate of drug-likeness (QED) is 0.600. The lowest BCUT2D eigenvalue weighted by molar-refractivity contribution is 0.563. The highest BCUT2D eigenvalue weighted by Crippen LogP contribution is 2.78. The minimum Gasteiger partial charge on any atom is -0.317 e. The van der Waals surface area contributed by atoms with Crippen molar-refractivity contribution in [3.63, 3.8) is 0 Å². The molecule has 3 aliphatic rings. The summed E-state index contributed by atoms with van der Waals surface area (Å²) in [5, 5.41) is 1.83. The van der Waals surface area contributed by atoms with E-state index in [0.717, 1.165) is 10.6 Å². The fourth-order valence-corrected chi connectivity index (χ4v) is 13.2. The van der Waals surface area contributed by atoms with E-state index < -0.39 is 14.3 Å². The van der Waals surface area contributed by atoms with Gasteiger partial charge in [0.25, 0.3) is 0 Å². The molecule has 0 saturated carbocycles. The highest BCUT2D eigenvalue weighted by Gasteiger charge is 2.65. The van der Waals surface area contributed by atoms with Crippen LogP contribution in [-0.4, -0.2) is 17.0 Å². The molecule has 2 bridgehead atoms. The van der Waals surface area contributed by atoms with E-state index in [2.05, 4.69) is 18.2 Å². The maximum atomic E-state index is 14.1. The van der Waals surface area contributed by atoms with Crippen LogP contribution >= 0.6 is 14.3 Å². The first kappa shape index (κ1) is 14.7. The minimum atomic E-state index is -2.67. The van der Waals surface area contributed by atoms with Crippen molar-refractivity contribution in [3.05, 3.63) is 84.7 Å². The first-order chi connectivity index (χ1) is 11.7. The summed E-state index contributed by atoms with van der Waals surface area (Å²) in [5.41, 5.74) is -0.137. The third-order valence-electron chi connectivity index (χ3n) is 5.82. The van der Waals surface area contributed by atoms with Gasteiger partial charge in [0.1, 0.15) is 14.3 Å². The van der Waals surface area contributed by atoms with Crippen molar-refractivity contribution in [1.29, 1.82) is 0 Å². The molecule has 3 aliphatic heterocycles. The molecule has 6 atom stereocenters. The molecule has 3 heterocycles. The zero-order valence-electron chi connectivity index (χ0n) is 13.1. The van der Waals surface area contributed by atoms with E-state index in [1.807, 2.05) is 66.5 Å². The molecule has 0 aliphatic carbocycles. The van der Waals surface area contributed by atoms with Crippen LogP contribution in [0, 0.1) is 5.92 Å². The van der Waals surface area contributed by atoms with Crippen molar-refractivity contribution in [3.8, 4) is 0 Å². The standard InChI is InChI=1S/C20H18O2P2/c21-23(15-7-3-1-4-8-15)14-13-17-18-11-12-19(20(17)23)24(18,22)16-9-5-2-6-10-16/h1-14,17-20H/t17-,18+,19-,20-,23-,24-/m0/s1. The lowest BCUT2D eigenvalue weighted by Crippen LogP contribution is -2.27. The van der Waals surface area contributed by atoms with Crippen molar-refractivity contribution in [2.45, 2.75) is 17.0 Å². The van der Waals surface area contributed by atoms with Crippen LogP contribution in [-0.2, 0) is 9.13 Å². The van der Waals surface area contributed by atoms with Crippen LogP contribution < -0.4 is 10.6 Å². The lowest BCUT2D eigenvalue weighted by atomic mass is 9.94. The van der Waals surface area contributed by atoms with Gasteiger partial charge in [-0.2, -0.15) is 0 Å². The topological polar surface area (TPSA) is 34.1 Å². The zero-order valence-corrected chi connectivity index (χ0v) is 14.9. The summed E-state index contributed by atoms with van der Waals surface area (Å²) in [6.07, 6.45) is 6.29. The van der Waals surface area contributed by atoms with E-state index in [4.69, 9.17) is 0 Å². The van der Waals surface area contributed by atoms with Gasteiger partial charge in [-0.05, 0) is 5.82 Å². The Hall–Kier alpha value is -1.62. The summed E-state index contributed by atoms with van der Waals surface area (Å²) in [6, 6.07) is 19.6. The fourth-order valence-electron chi connectivity index (χ4n) is 4.80. The number of fused-ring (bicyclic) bond motifs is 5. The molecule has 2 aromatic carbocycles. The third kappa shape index (κ3) is 1.69. The Kier molecular flexibility index (Phi) is 3.03. The molecule has 1 saturated heterocycles. The molecule has 120 valence electrons. The second-order valence-corrected chi connectivity index (χ2v) is 12.8. The van der Waals surface area contributed by atoms with Crippen molar-refractivity contribution < 1.29 is 9.13 Å². The van der Waals surface area contributed by atoms with Gasteiger partial charge in [-0.1, -0.05) is 78.9 Å². The molecular weight excluding hydrogens is 334 g/mol. The van der Waals surface area contributed by atoms with Gasteiger partial charge in [-0.3, -0.25) is 0 Å². The second kappa shape index (κ2) is 4.94. The van der Waals surface area contributed by atoms with Gasteiger partial charge >= 0.3 is 0 Å². The highest BCUT2D eigenvalue weighted by molar-refractivity contribution is 7.79. The van der Waals surface area contributed by atoms with Gasteiger partial charge in [0.2, 0.25) is 0 Å². The number of allylic oxidation sites excluding steroid dienone is 3. The van der Waals surface area contributed by atoms with Gasteiger partial charge in [-0.25, -0.2) is 0 Å². The molecule has 2 nitrogen and oxygen atoms in total. The molecule has 4 heteroatoms. The van der Waals surface area contributed by atoms with Crippen LogP contribution in [0.1, 0.15) is 0 Å². The Labute approximate surface area is 142 Å². The van der Waals surface area contributed by atoms with Gasteiger partial charge in [0.15, 0.2) is 0 Å². The maximum absolute atomic E-state index is 14.1. The van der Waals surface area contributed by atoms with Gasteiger partial charge in [-0.15, -0.1) is 0 Å². The number of benzene rings is 2. The van der Waals surface area contributed by atoms with Crippen molar-refractivity contribution in [2.24, 2.45) is 5.92 Å². The Morgan fingerprint density at radius 2 is 1.25 bits per heavy atom. The van der Waals surface area contributed by atoms with E-state index in [0.29, 0.717) is 0 Å².